The number of carbonyl (C=O) groups excluding carboxylic acids is 2. The third-order valence-corrected chi connectivity index (χ3v) is 4.79. The monoisotopic (exact) mass is 430 g/mol. The van der Waals surface area contributed by atoms with Gasteiger partial charge in [0.05, 0.1) is 23.9 Å². The molecule has 1 aliphatic rings. The molecule has 0 saturated heterocycles. The van der Waals surface area contributed by atoms with Gasteiger partial charge in [-0.1, -0.05) is 34.1 Å². The Morgan fingerprint density at radius 1 is 1.26 bits per heavy atom. The molecule has 1 atom stereocenters. The number of benzene rings is 2. The van der Waals surface area contributed by atoms with Crippen LogP contribution in [0.25, 0.3) is 0 Å². The number of halogens is 1. The van der Waals surface area contributed by atoms with Gasteiger partial charge in [-0.25, -0.2) is 9.59 Å². The SMILES string of the molecule is CCOC(=O)C1=C(C)N(c2ccccc2)C(=O)NC1c1cc(Br)ccc1O. The Bertz CT molecular complexity index is 911. The van der Waals surface area contributed by atoms with E-state index in [1.165, 1.54) is 11.0 Å². The Balaban J connectivity index is 2.17. The predicted molar refractivity (Wildman–Crippen MR) is 105 cm³/mol. The number of allylic oxidation sites excluding steroid dienone is 1. The maximum atomic E-state index is 12.8. The summed E-state index contributed by atoms with van der Waals surface area (Å²) >= 11 is 3.36. The van der Waals surface area contributed by atoms with Gasteiger partial charge in [-0.05, 0) is 44.2 Å². The normalized spacial score (nSPS) is 16.9. The largest absolute Gasteiger partial charge is 0.508 e. The van der Waals surface area contributed by atoms with Crippen LogP contribution in [-0.2, 0) is 9.53 Å². The number of phenols is 1. The fourth-order valence-corrected chi connectivity index (χ4v) is 3.47. The third kappa shape index (κ3) is 3.68. The van der Waals surface area contributed by atoms with E-state index in [0.717, 1.165) is 4.47 Å². The number of amides is 2. The lowest BCUT2D eigenvalue weighted by atomic mass is 9.94. The molecular formula is C20H19BrN2O4. The van der Waals surface area contributed by atoms with E-state index in [0.29, 0.717) is 16.9 Å². The van der Waals surface area contributed by atoms with Crippen LogP contribution in [0.15, 0.2) is 64.3 Å². The Morgan fingerprint density at radius 3 is 2.63 bits per heavy atom. The first-order valence-corrected chi connectivity index (χ1v) is 9.25. The maximum absolute atomic E-state index is 12.8. The van der Waals surface area contributed by atoms with Gasteiger partial charge in [-0.2, -0.15) is 0 Å². The maximum Gasteiger partial charge on any atom is 0.338 e. The van der Waals surface area contributed by atoms with Gasteiger partial charge in [0.1, 0.15) is 5.75 Å². The number of hydrogen-bond donors (Lipinski definition) is 2. The second-order valence-electron chi connectivity index (χ2n) is 5.98. The summed E-state index contributed by atoms with van der Waals surface area (Å²) in [6.45, 7) is 3.61. The third-order valence-electron chi connectivity index (χ3n) is 4.30. The minimum absolute atomic E-state index is 0.0220. The van der Waals surface area contributed by atoms with Gasteiger partial charge in [0, 0.05) is 15.7 Å². The molecule has 6 nitrogen and oxygen atoms in total. The molecule has 0 bridgehead atoms. The second-order valence-corrected chi connectivity index (χ2v) is 6.89. The van der Waals surface area contributed by atoms with E-state index in [-0.39, 0.29) is 17.9 Å². The smallest absolute Gasteiger partial charge is 0.338 e. The summed E-state index contributed by atoms with van der Waals surface area (Å²) < 4.78 is 5.94. The number of hydrogen-bond acceptors (Lipinski definition) is 4. The van der Waals surface area contributed by atoms with Crippen LogP contribution in [0.2, 0.25) is 0 Å². The standard InChI is InChI=1S/C20H19BrN2O4/c1-3-27-19(25)17-12(2)23(14-7-5-4-6-8-14)20(26)22-18(17)15-11-13(21)9-10-16(15)24/h4-11,18,24H,3H2,1-2H3,(H,22,26). The number of carbonyl (C=O) groups is 2. The van der Waals surface area contributed by atoms with Crippen molar-refractivity contribution in [1.82, 2.24) is 5.32 Å². The fourth-order valence-electron chi connectivity index (χ4n) is 3.09. The lowest BCUT2D eigenvalue weighted by Gasteiger charge is -2.35. The lowest BCUT2D eigenvalue weighted by Crippen LogP contribution is -2.48. The number of nitrogens with one attached hydrogen (secondary N) is 1. The Labute approximate surface area is 165 Å². The number of phenolic OH excluding ortho intramolecular Hbond substituents is 1. The van der Waals surface area contributed by atoms with Crippen LogP contribution in [0.4, 0.5) is 10.5 Å². The van der Waals surface area contributed by atoms with E-state index in [9.17, 15) is 14.7 Å². The first-order chi connectivity index (χ1) is 12.9. The molecule has 27 heavy (non-hydrogen) atoms. The molecule has 0 spiro atoms. The molecule has 2 aromatic carbocycles. The van der Waals surface area contributed by atoms with Crippen molar-refractivity contribution in [3.8, 4) is 5.75 Å². The number of nitrogens with zero attached hydrogens (tertiary/aromatic N) is 1. The molecule has 0 aromatic heterocycles. The summed E-state index contributed by atoms with van der Waals surface area (Å²) in [7, 11) is 0. The van der Waals surface area contributed by atoms with Crippen LogP contribution in [-0.4, -0.2) is 23.7 Å². The molecule has 7 heteroatoms. The van der Waals surface area contributed by atoms with Crippen molar-refractivity contribution in [3.05, 3.63) is 69.8 Å². The molecule has 1 heterocycles. The van der Waals surface area contributed by atoms with Crippen LogP contribution in [0.3, 0.4) is 0 Å². The predicted octanol–water partition coefficient (Wildman–Crippen LogP) is 4.26. The molecule has 0 radical (unpaired) electrons. The van der Waals surface area contributed by atoms with Crippen LogP contribution < -0.4 is 10.2 Å². The van der Waals surface area contributed by atoms with Crippen molar-refractivity contribution in [3.63, 3.8) is 0 Å². The zero-order valence-corrected chi connectivity index (χ0v) is 16.5. The molecule has 2 amide bonds. The summed E-state index contributed by atoms with van der Waals surface area (Å²) in [5, 5.41) is 13.1. The minimum Gasteiger partial charge on any atom is -0.508 e. The van der Waals surface area contributed by atoms with Gasteiger partial charge in [0.15, 0.2) is 0 Å². The number of anilines is 1. The highest BCUT2D eigenvalue weighted by Gasteiger charge is 2.38. The van der Waals surface area contributed by atoms with Gasteiger partial charge >= 0.3 is 12.0 Å². The van der Waals surface area contributed by atoms with Crippen LogP contribution >= 0.6 is 15.9 Å². The van der Waals surface area contributed by atoms with E-state index in [2.05, 4.69) is 21.2 Å². The Kier molecular flexibility index (Phi) is 5.51. The number of urea groups is 1. The number of para-hydroxylation sites is 1. The number of esters is 1. The molecule has 0 saturated carbocycles. The zero-order valence-electron chi connectivity index (χ0n) is 14.9. The number of aromatic hydroxyl groups is 1. The van der Waals surface area contributed by atoms with E-state index >= 15 is 0 Å². The summed E-state index contributed by atoms with van der Waals surface area (Å²) in [6, 6.07) is 12.7. The molecule has 0 aliphatic carbocycles. The van der Waals surface area contributed by atoms with Crippen molar-refractivity contribution in [2.45, 2.75) is 19.9 Å². The van der Waals surface area contributed by atoms with Gasteiger partial charge < -0.3 is 15.2 Å². The fraction of sp³-hybridized carbons (Fsp3) is 0.200. The van der Waals surface area contributed by atoms with Crippen molar-refractivity contribution >= 4 is 33.6 Å². The molecule has 1 unspecified atom stereocenters. The average molecular weight is 431 g/mol. The number of rotatable bonds is 4. The molecule has 2 N–H and O–H groups in total. The molecule has 1 aliphatic heterocycles. The van der Waals surface area contributed by atoms with Crippen LogP contribution in [0.1, 0.15) is 25.5 Å². The van der Waals surface area contributed by atoms with Gasteiger partial charge in [-0.3, -0.25) is 4.90 Å². The zero-order chi connectivity index (χ0) is 19.6. The second kappa shape index (κ2) is 7.84. The lowest BCUT2D eigenvalue weighted by molar-refractivity contribution is -0.139. The molecule has 3 rings (SSSR count). The van der Waals surface area contributed by atoms with Gasteiger partial charge in [0.25, 0.3) is 0 Å². The first-order valence-electron chi connectivity index (χ1n) is 8.46. The van der Waals surface area contributed by atoms with Crippen molar-refractivity contribution in [2.24, 2.45) is 0 Å². The highest BCUT2D eigenvalue weighted by molar-refractivity contribution is 9.10. The first kappa shape index (κ1) is 19.0. The number of ether oxygens (including phenoxy) is 1. The van der Waals surface area contributed by atoms with E-state index in [1.807, 2.05) is 18.2 Å². The van der Waals surface area contributed by atoms with E-state index in [4.69, 9.17) is 4.74 Å². The van der Waals surface area contributed by atoms with Crippen LogP contribution in [0, 0.1) is 0 Å². The molecule has 2 aromatic rings. The summed E-state index contributed by atoms with van der Waals surface area (Å²) in [6.07, 6.45) is 0. The highest BCUT2D eigenvalue weighted by atomic mass is 79.9. The minimum atomic E-state index is -0.825. The quantitative estimate of drug-likeness (QED) is 0.710. The Morgan fingerprint density at radius 2 is 1.96 bits per heavy atom. The summed E-state index contributed by atoms with van der Waals surface area (Å²) in [5.41, 5.74) is 1.76. The van der Waals surface area contributed by atoms with Crippen molar-refractivity contribution in [2.75, 3.05) is 11.5 Å². The Hall–Kier alpha value is -2.80. The average Bonchev–Trinajstić information content (AvgIpc) is 2.64. The topological polar surface area (TPSA) is 78.9 Å². The molecule has 0 fully saturated rings. The van der Waals surface area contributed by atoms with E-state index < -0.39 is 18.0 Å². The van der Waals surface area contributed by atoms with Crippen LogP contribution in [0.5, 0.6) is 5.75 Å². The summed E-state index contributed by atoms with van der Waals surface area (Å²) in [5.74, 6) is -0.563. The van der Waals surface area contributed by atoms with Crippen molar-refractivity contribution in [1.29, 1.82) is 0 Å². The highest BCUT2D eigenvalue weighted by Crippen LogP contribution is 2.38. The van der Waals surface area contributed by atoms with Crippen molar-refractivity contribution < 1.29 is 19.4 Å². The molecule has 140 valence electrons. The van der Waals surface area contributed by atoms with E-state index in [1.54, 1.807) is 38.1 Å². The summed E-state index contributed by atoms with van der Waals surface area (Å²) in [4.78, 5) is 27.0. The van der Waals surface area contributed by atoms with Gasteiger partial charge in [0.2, 0.25) is 0 Å². The van der Waals surface area contributed by atoms with Gasteiger partial charge in [-0.15, -0.1) is 0 Å². The molecular weight excluding hydrogens is 412 g/mol.